The Hall–Kier alpha value is -2.22. The number of methoxy groups -OCH3 is 2. The maximum Gasteiger partial charge on any atom is 0.237 e. The van der Waals surface area contributed by atoms with Crippen LogP contribution in [0.2, 0.25) is 0 Å². The molecule has 0 aliphatic heterocycles. The second-order valence-corrected chi connectivity index (χ2v) is 8.34. The Morgan fingerprint density at radius 1 is 1.19 bits per heavy atom. The van der Waals surface area contributed by atoms with Crippen LogP contribution in [0.3, 0.4) is 0 Å². The molecule has 0 spiro atoms. The summed E-state index contributed by atoms with van der Waals surface area (Å²) in [7, 11) is 3.16. The molecule has 7 nitrogen and oxygen atoms in total. The zero-order chi connectivity index (χ0) is 19.0. The summed E-state index contributed by atoms with van der Waals surface area (Å²) in [5.74, 6) is 2.79. The van der Waals surface area contributed by atoms with Crippen LogP contribution in [0.5, 0.6) is 11.5 Å². The quantitative estimate of drug-likeness (QED) is 0.696. The number of carbonyl (C=O) groups is 1. The lowest BCUT2D eigenvalue weighted by molar-refractivity contribution is -0.115. The molecule has 1 aromatic carbocycles. The lowest BCUT2D eigenvalue weighted by Crippen LogP contribution is -2.23. The summed E-state index contributed by atoms with van der Waals surface area (Å²) in [5.41, 5.74) is 0.674. The highest BCUT2D eigenvalue weighted by Gasteiger charge is 2.37. The summed E-state index contributed by atoms with van der Waals surface area (Å²) < 4.78 is 12.8. The van der Waals surface area contributed by atoms with Gasteiger partial charge in [-0.25, -0.2) is 0 Å². The number of aromatic nitrogens is 3. The van der Waals surface area contributed by atoms with Gasteiger partial charge in [0.15, 0.2) is 16.7 Å². The van der Waals surface area contributed by atoms with Crippen molar-refractivity contribution >= 4 is 23.4 Å². The van der Waals surface area contributed by atoms with E-state index in [0.29, 0.717) is 29.1 Å². The largest absolute Gasteiger partial charge is 0.493 e. The number of rotatable bonds is 8. The van der Waals surface area contributed by atoms with Crippen LogP contribution >= 0.6 is 11.8 Å². The minimum atomic E-state index is -0.285. The number of hydrogen-bond donors (Lipinski definition) is 1. The van der Waals surface area contributed by atoms with Gasteiger partial charge in [-0.15, -0.1) is 10.2 Å². The molecular weight excluding hydrogens is 364 g/mol. The Labute approximate surface area is 162 Å². The molecule has 2 saturated carbocycles. The molecule has 1 atom stereocenters. The zero-order valence-electron chi connectivity index (χ0n) is 15.8. The summed E-state index contributed by atoms with van der Waals surface area (Å²) in [5, 5.41) is 12.3. The third-order valence-electron chi connectivity index (χ3n) is 4.85. The predicted molar refractivity (Wildman–Crippen MR) is 104 cm³/mol. The topological polar surface area (TPSA) is 78.3 Å². The van der Waals surface area contributed by atoms with Crippen LogP contribution in [0.4, 0.5) is 5.69 Å². The van der Waals surface area contributed by atoms with E-state index in [-0.39, 0.29) is 11.2 Å². The molecule has 1 heterocycles. The fraction of sp³-hybridized carbons (Fsp3) is 0.526. The molecule has 27 heavy (non-hydrogen) atoms. The molecule has 144 valence electrons. The third kappa shape index (κ3) is 3.90. The van der Waals surface area contributed by atoms with Crippen LogP contribution in [-0.2, 0) is 4.79 Å². The van der Waals surface area contributed by atoms with E-state index >= 15 is 0 Å². The molecule has 0 saturated heterocycles. The van der Waals surface area contributed by atoms with Gasteiger partial charge in [-0.1, -0.05) is 11.8 Å². The van der Waals surface area contributed by atoms with E-state index < -0.39 is 0 Å². The van der Waals surface area contributed by atoms with Gasteiger partial charge in [0.25, 0.3) is 0 Å². The number of thioether (sulfide) groups is 1. The van der Waals surface area contributed by atoms with Crippen LogP contribution in [-0.4, -0.2) is 40.1 Å². The molecule has 8 heteroatoms. The van der Waals surface area contributed by atoms with Gasteiger partial charge in [0.1, 0.15) is 5.82 Å². The molecular formula is C19H24N4O3S. The van der Waals surface area contributed by atoms with Gasteiger partial charge < -0.3 is 19.4 Å². The van der Waals surface area contributed by atoms with Crippen molar-refractivity contribution < 1.29 is 14.3 Å². The first-order chi connectivity index (χ1) is 13.1. The Balaban J connectivity index is 1.44. The number of carbonyl (C=O) groups excluding carboxylic acids is 1. The summed E-state index contributed by atoms with van der Waals surface area (Å²) in [6.45, 7) is 1.89. The highest BCUT2D eigenvalue weighted by Crippen LogP contribution is 2.46. The van der Waals surface area contributed by atoms with E-state index in [2.05, 4.69) is 20.1 Å². The van der Waals surface area contributed by atoms with E-state index in [1.54, 1.807) is 32.4 Å². The van der Waals surface area contributed by atoms with Crippen LogP contribution < -0.4 is 14.8 Å². The van der Waals surface area contributed by atoms with E-state index in [4.69, 9.17) is 9.47 Å². The molecule has 0 radical (unpaired) electrons. The van der Waals surface area contributed by atoms with Gasteiger partial charge in [0.05, 0.1) is 19.5 Å². The summed E-state index contributed by atoms with van der Waals surface area (Å²) in [6.07, 6.45) is 4.75. The number of nitrogens with zero attached hydrogens (tertiary/aromatic N) is 3. The van der Waals surface area contributed by atoms with Crippen molar-refractivity contribution in [3.63, 3.8) is 0 Å². The van der Waals surface area contributed by atoms with Crippen LogP contribution in [0.1, 0.15) is 50.4 Å². The zero-order valence-corrected chi connectivity index (χ0v) is 16.6. The standard InChI is InChI=1S/C19H24N4O3S/c1-11(18(24)20-13-6-9-15(25-2)16(10-13)26-3)27-19-22-21-17(12-4-5-12)23(19)14-7-8-14/h6,9-12,14H,4-5,7-8H2,1-3H3,(H,20,24)/t11-/m1/s1. The number of ether oxygens (including phenoxy) is 2. The molecule has 1 aromatic heterocycles. The molecule has 4 rings (SSSR count). The van der Waals surface area contributed by atoms with Crippen LogP contribution in [0.15, 0.2) is 23.4 Å². The first-order valence-corrected chi connectivity index (χ1v) is 10.1. The number of benzene rings is 1. The van der Waals surface area contributed by atoms with Crippen molar-refractivity contribution in [3.05, 3.63) is 24.0 Å². The highest BCUT2D eigenvalue weighted by molar-refractivity contribution is 8.00. The maximum absolute atomic E-state index is 12.7. The smallest absolute Gasteiger partial charge is 0.237 e. The highest BCUT2D eigenvalue weighted by atomic mass is 32.2. The Bertz CT molecular complexity index is 845. The Kier molecular flexibility index (Phi) is 4.99. The number of nitrogens with one attached hydrogen (secondary N) is 1. The van der Waals surface area contributed by atoms with Gasteiger partial charge in [0, 0.05) is 23.7 Å². The third-order valence-corrected chi connectivity index (χ3v) is 5.90. The lowest BCUT2D eigenvalue weighted by atomic mass is 10.2. The van der Waals surface area contributed by atoms with Gasteiger partial charge in [-0.3, -0.25) is 4.79 Å². The fourth-order valence-electron chi connectivity index (χ4n) is 3.03. The minimum absolute atomic E-state index is 0.0782. The van der Waals surface area contributed by atoms with E-state index in [0.717, 1.165) is 11.0 Å². The lowest BCUT2D eigenvalue weighted by Gasteiger charge is -2.14. The monoisotopic (exact) mass is 388 g/mol. The minimum Gasteiger partial charge on any atom is -0.493 e. The van der Waals surface area contributed by atoms with Gasteiger partial charge in [0.2, 0.25) is 5.91 Å². The van der Waals surface area contributed by atoms with E-state index in [1.165, 1.54) is 37.4 Å². The number of anilines is 1. The van der Waals surface area contributed by atoms with Crippen LogP contribution in [0.25, 0.3) is 0 Å². The Morgan fingerprint density at radius 2 is 1.93 bits per heavy atom. The van der Waals surface area contributed by atoms with Crippen molar-refractivity contribution in [2.45, 2.75) is 55.0 Å². The predicted octanol–water partition coefficient (Wildman–Crippen LogP) is 3.63. The summed E-state index contributed by atoms with van der Waals surface area (Å²) in [6, 6.07) is 5.84. The summed E-state index contributed by atoms with van der Waals surface area (Å²) in [4.78, 5) is 12.7. The second kappa shape index (κ2) is 7.42. The van der Waals surface area contributed by atoms with Gasteiger partial charge in [-0.05, 0) is 44.7 Å². The van der Waals surface area contributed by atoms with Crippen molar-refractivity contribution in [2.75, 3.05) is 19.5 Å². The average molecular weight is 388 g/mol. The fourth-order valence-corrected chi connectivity index (χ4v) is 3.96. The number of amides is 1. The van der Waals surface area contributed by atoms with E-state index in [1.807, 2.05) is 6.92 Å². The van der Waals surface area contributed by atoms with Crippen LogP contribution in [0, 0.1) is 0 Å². The molecule has 2 aromatic rings. The van der Waals surface area contributed by atoms with Crippen molar-refractivity contribution in [3.8, 4) is 11.5 Å². The van der Waals surface area contributed by atoms with Crippen molar-refractivity contribution in [2.24, 2.45) is 0 Å². The maximum atomic E-state index is 12.7. The van der Waals surface area contributed by atoms with E-state index in [9.17, 15) is 4.79 Å². The van der Waals surface area contributed by atoms with Crippen molar-refractivity contribution in [1.82, 2.24) is 14.8 Å². The molecule has 1 amide bonds. The van der Waals surface area contributed by atoms with Gasteiger partial charge in [-0.2, -0.15) is 0 Å². The first-order valence-electron chi connectivity index (χ1n) is 9.25. The SMILES string of the molecule is COc1ccc(NC(=O)[C@@H](C)Sc2nnc(C3CC3)n2C2CC2)cc1OC. The molecule has 0 unspecified atom stereocenters. The summed E-state index contributed by atoms with van der Waals surface area (Å²) >= 11 is 1.47. The first kappa shape index (κ1) is 18.2. The molecule has 2 aliphatic rings. The molecule has 2 fully saturated rings. The molecule has 2 aliphatic carbocycles. The second-order valence-electron chi connectivity index (χ2n) is 7.04. The van der Waals surface area contributed by atoms with Gasteiger partial charge >= 0.3 is 0 Å². The Morgan fingerprint density at radius 3 is 2.56 bits per heavy atom. The number of hydrogen-bond acceptors (Lipinski definition) is 6. The average Bonchev–Trinajstić information content (AvgIpc) is 3.60. The van der Waals surface area contributed by atoms with Crippen molar-refractivity contribution in [1.29, 1.82) is 0 Å². The molecule has 1 N–H and O–H groups in total. The normalized spacial score (nSPS) is 17.4. The molecule has 0 bridgehead atoms.